The van der Waals surface area contributed by atoms with Gasteiger partial charge in [0.05, 0.1) is 5.75 Å². The zero-order chi connectivity index (χ0) is 15.2. The highest BCUT2D eigenvalue weighted by Gasteiger charge is 2.20. The van der Waals surface area contributed by atoms with Gasteiger partial charge in [0, 0.05) is 18.8 Å². The topological polar surface area (TPSA) is 72.6 Å². The van der Waals surface area contributed by atoms with Crippen LogP contribution in [0.25, 0.3) is 0 Å². The molecule has 0 saturated heterocycles. The molecule has 0 radical (unpaired) electrons. The van der Waals surface area contributed by atoms with Crippen LogP contribution in [0.1, 0.15) is 13.8 Å². The molecule has 20 heavy (non-hydrogen) atoms. The Kier molecular flexibility index (Phi) is 6.04. The molecule has 6 heteroatoms. The van der Waals surface area contributed by atoms with E-state index in [0.29, 0.717) is 24.5 Å². The molecule has 0 atom stereocenters. The fourth-order valence-corrected chi connectivity index (χ4v) is 3.03. The minimum Gasteiger partial charge on any atom is -0.492 e. The highest BCUT2D eigenvalue weighted by atomic mass is 32.2. The monoisotopic (exact) mass is 298 g/mol. The fourth-order valence-electron chi connectivity index (χ4n) is 1.67. The van der Waals surface area contributed by atoms with Crippen LogP contribution in [0.2, 0.25) is 0 Å². The highest BCUT2D eigenvalue weighted by molar-refractivity contribution is 7.89. The Morgan fingerprint density at radius 2 is 1.95 bits per heavy atom. The number of likely N-dealkylation sites (N-methyl/N-ethyl adjacent to an activating group) is 1. The van der Waals surface area contributed by atoms with Gasteiger partial charge in [-0.1, -0.05) is 19.1 Å². The molecule has 0 aliphatic rings. The first kappa shape index (κ1) is 16.5. The lowest BCUT2D eigenvalue weighted by molar-refractivity contribution is 0.336. The lowest BCUT2D eigenvalue weighted by Gasteiger charge is -2.20. The van der Waals surface area contributed by atoms with Crippen molar-refractivity contribution in [2.24, 2.45) is 0 Å². The molecule has 1 rings (SSSR count). The SMILES string of the molecule is C=C(C)CN(CC)S(=O)(=O)CCOc1ccc(N)cc1. The van der Waals surface area contributed by atoms with Crippen molar-refractivity contribution in [1.82, 2.24) is 4.31 Å². The average molecular weight is 298 g/mol. The van der Waals surface area contributed by atoms with Crippen molar-refractivity contribution < 1.29 is 13.2 Å². The second kappa shape index (κ2) is 7.31. The Bertz CT molecular complexity index is 538. The molecule has 0 heterocycles. The first-order valence-corrected chi connectivity index (χ1v) is 8.06. The van der Waals surface area contributed by atoms with Crippen molar-refractivity contribution in [2.45, 2.75) is 13.8 Å². The summed E-state index contributed by atoms with van der Waals surface area (Å²) in [6.45, 7) is 8.24. The number of nitrogens with zero attached hydrogens (tertiary/aromatic N) is 1. The van der Waals surface area contributed by atoms with E-state index in [1.807, 2.05) is 6.92 Å². The number of nitrogen functional groups attached to an aromatic ring is 1. The summed E-state index contributed by atoms with van der Waals surface area (Å²) in [5.74, 6) is 0.552. The standard InChI is InChI=1S/C14H22N2O3S/c1-4-16(11-12(2)3)20(17,18)10-9-19-14-7-5-13(15)6-8-14/h5-8H,2,4,9-11,15H2,1,3H3. The van der Waals surface area contributed by atoms with Crippen LogP contribution in [-0.4, -0.2) is 38.2 Å². The summed E-state index contributed by atoms with van der Waals surface area (Å²) >= 11 is 0. The summed E-state index contributed by atoms with van der Waals surface area (Å²) in [4.78, 5) is 0. The number of hydrogen-bond acceptors (Lipinski definition) is 4. The van der Waals surface area contributed by atoms with Gasteiger partial charge in [0.2, 0.25) is 10.0 Å². The number of nitrogens with two attached hydrogens (primary N) is 1. The van der Waals surface area contributed by atoms with E-state index in [4.69, 9.17) is 10.5 Å². The Hall–Kier alpha value is -1.53. The normalized spacial score (nSPS) is 11.6. The summed E-state index contributed by atoms with van der Waals surface area (Å²) in [5.41, 5.74) is 7.02. The second-order valence-electron chi connectivity index (χ2n) is 4.62. The summed E-state index contributed by atoms with van der Waals surface area (Å²) < 4.78 is 31.1. The maximum absolute atomic E-state index is 12.1. The third-order valence-electron chi connectivity index (χ3n) is 2.68. The first-order chi connectivity index (χ1) is 9.35. The molecule has 0 aliphatic heterocycles. The largest absolute Gasteiger partial charge is 0.492 e. The summed E-state index contributed by atoms with van der Waals surface area (Å²) in [6.07, 6.45) is 0. The molecular formula is C14H22N2O3S. The van der Waals surface area contributed by atoms with Crippen LogP contribution in [0.5, 0.6) is 5.75 Å². The number of sulfonamides is 1. The molecule has 112 valence electrons. The van der Waals surface area contributed by atoms with Gasteiger partial charge in [0.15, 0.2) is 0 Å². The quantitative estimate of drug-likeness (QED) is 0.587. The van der Waals surface area contributed by atoms with E-state index in [1.54, 1.807) is 31.2 Å². The molecule has 0 unspecified atom stereocenters. The van der Waals surface area contributed by atoms with Gasteiger partial charge < -0.3 is 10.5 Å². The second-order valence-corrected chi connectivity index (χ2v) is 6.71. The molecule has 0 spiro atoms. The van der Waals surface area contributed by atoms with E-state index >= 15 is 0 Å². The number of rotatable bonds is 8. The van der Waals surface area contributed by atoms with Crippen molar-refractivity contribution >= 4 is 15.7 Å². The van der Waals surface area contributed by atoms with Crippen molar-refractivity contribution in [3.05, 3.63) is 36.4 Å². The van der Waals surface area contributed by atoms with Crippen LogP contribution >= 0.6 is 0 Å². The van der Waals surface area contributed by atoms with E-state index in [9.17, 15) is 8.42 Å². The predicted octanol–water partition coefficient (Wildman–Crippen LogP) is 1.88. The van der Waals surface area contributed by atoms with Gasteiger partial charge in [-0.2, -0.15) is 4.31 Å². The van der Waals surface area contributed by atoms with Crippen molar-refractivity contribution in [2.75, 3.05) is 31.2 Å². The maximum atomic E-state index is 12.1. The third-order valence-corrected chi connectivity index (χ3v) is 4.54. The molecule has 0 fully saturated rings. The lowest BCUT2D eigenvalue weighted by Crippen LogP contribution is -2.35. The van der Waals surface area contributed by atoms with Crippen molar-refractivity contribution in [3.8, 4) is 5.75 Å². The molecular weight excluding hydrogens is 276 g/mol. The Morgan fingerprint density at radius 1 is 1.35 bits per heavy atom. The van der Waals surface area contributed by atoms with Crippen molar-refractivity contribution in [3.63, 3.8) is 0 Å². The van der Waals surface area contributed by atoms with Crippen LogP contribution in [0.4, 0.5) is 5.69 Å². The minimum atomic E-state index is -3.32. The van der Waals surface area contributed by atoms with Gasteiger partial charge in [0.1, 0.15) is 12.4 Å². The zero-order valence-corrected chi connectivity index (χ0v) is 12.8. The minimum absolute atomic E-state index is 0.0570. The van der Waals surface area contributed by atoms with Crippen LogP contribution < -0.4 is 10.5 Å². The number of hydrogen-bond donors (Lipinski definition) is 1. The zero-order valence-electron chi connectivity index (χ0n) is 12.0. The van der Waals surface area contributed by atoms with Crippen LogP contribution in [0, 0.1) is 0 Å². The van der Waals surface area contributed by atoms with Gasteiger partial charge in [-0.15, -0.1) is 0 Å². The molecule has 1 aromatic rings. The molecule has 0 bridgehead atoms. The van der Waals surface area contributed by atoms with Gasteiger partial charge in [-0.25, -0.2) is 8.42 Å². The average Bonchev–Trinajstić information content (AvgIpc) is 2.37. The van der Waals surface area contributed by atoms with Crippen LogP contribution in [0.15, 0.2) is 36.4 Å². The lowest BCUT2D eigenvalue weighted by atomic mass is 10.3. The van der Waals surface area contributed by atoms with E-state index in [0.717, 1.165) is 5.57 Å². The summed E-state index contributed by atoms with van der Waals surface area (Å²) in [5, 5.41) is 0. The van der Waals surface area contributed by atoms with Gasteiger partial charge in [-0.3, -0.25) is 0 Å². The third kappa shape index (κ3) is 5.22. The molecule has 5 nitrogen and oxygen atoms in total. The first-order valence-electron chi connectivity index (χ1n) is 6.45. The molecule has 0 saturated carbocycles. The maximum Gasteiger partial charge on any atom is 0.217 e. The predicted molar refractivity (Wildman–Crippen MR) is 82.2 cm³/mol. The van der Waals surface area contributed by atoms with Gasteiger partial charge in [0.25, 0.3) is 0 Å². The number of anilines is 1. The smallest absolute Gasteiger partial charge is 0.217 e. The van der Waals surface area contributed by atoms with Gasteiger partial charge in [-0.05, 0) is 31.2 Å². The van der Waals surface area contributed by atoms with Gasteiger partial charge >= 0.3 is 0 Å². The van der Waals surface area contributed by atoms with E-state index < -0.39 is 10.0 Å². The molecule has 0 aliphatic carbocycles. The molecule has 2 N–H and O–H groups in total. The summed E-state index contributed by atoms with van der Waals surface area (Å²) in [6, 6.07) is 6.85. The molecule has 0 aromatic heterocycles. The molecule has 0 amide bonds. The fraction of sp³-hybridized carbons (Fsp3) is 0.429. The Morgan fingerprint density at radius 3 is 2.45 bits per heavy atom. The number of ether oxygens (including phenoxy) is 1. The van der Waals surface area contributed by atoms with E-state index in [2.05, 4.69) is 6.58 Å². The van der Waals surface area contributed by atoms with E-state index in [-0.39, 0.29) is 12.4 Å². The Balaban J connectivity index is 2.54. The van der Waals surface area contributed by atoms with Crippen LogP contribution in [-0.2, 0) is 10.0 Å². The molecule has 1 aromatic carbocycles. The Labute approximate surface area is 121 Å². The van der Waals surface area contributed by atoms with E-state index in [1.165, 1.54) is 4.31 Å². The van der Waals surface area contributed by atoms with Crippen LogP contribution in [0.3, 0.4) is 0 Å². The number of benzene rings is 1. The highest BCUT2D eigenvalue weighted by Crippen LogP contribution is 2.13. The van der Waals surface area contributed by atoms with Crippen molar-refractivity contribution in [1.29, 1.82) is 0 Å². The summed E-state index contributed by atoms with van der Waals surface area (Å²) in [7, 11) is -3.32.